The zero-order valence-electron chi connectivity index (χ0n) is 12.8. The van der Waals surface area contributed by atoms with Crippen molar-refractivity contribution in [2.24, 2.45) is 0 Å². The molecule has 24 heavy (non-hydrogen) atoms. The van der Waals surface area contributed by atoms with E-state index in [1.807, 2.05) is 43.3 Å². The number of hydrogen-bond donors (Lipinski definition) is 2. The molecular formula is C18H13N3O2S. The minimum Gasteiger partial charge on any atom is -0.322 e. The van der Waals surface area contributed by atoms with Gasteiger partial charge in [0.05, 0.1) is 15.8 Å². The fourth-order valence-electron chi connectivity index (χ4n) is 2.64. The van der Waals surface area contributed by atoms with Gasteiger partial charge in [-0.05, 0) is 30.7 Å². The molecule has 0 saturated carbocycles. The Hall–Kier alpha value is -2.99. The van der Waals surface area contributed by atoms with Crippen LogP contribution >= 0.6 is 11.3 Å². The van der Waals surface area contributed by atoms with Crippen LogP contribution in [0.15, 0.2) is 53.3 Å². The largest absolute Gasteiger partial charge is 0.322 e. The first-order chi connectivity index (χ1) is 11.6. The monoisotopic (exact) mass is 335 g/mol. The molecule has 0 aliphatic rings. The van der Waals surface area contributed by atoms with Gasteiger partial charge in [-0.15, -0.1) is 0 Å². The number of pyridine rings is 1. The van der Waals surface area contributed by atoms with Gasteiger partial charge in [-0.2, -0.15) is 0 Å². The molecule has 0 bridgehead atoms. The van der Waals surface area contributed by atoms with E-state index >= 15 is 0 Å². The van der Waals surface area contributed by atoms with Gasteiger partial charge in [-0.1, -0.05) is 35.6 Å². The van der Waals surface area contributed by atoms with Crippen molar-refractivity contribution in [1.29, 1.82) is 0 Å². The van der Waals surface area contributed by atoms with Crippen molar-refractivity contribution < 1.29 is 4.79 Å². The number of anilines is 1. The number of amides is 1. The van der Waals surface area contributed by atoms with Gasteiger partial charge >= 0.3 is 0 Å². The number of aromatic nitrogens is 2. The molecule has 0 saturated heterocycles. The number of rotatable bonds is 2. The third-order valence-electron chi connectivity index (χ3n) is 3.76. The number of aryl methyl sites for hydroxylation is 1. The molecule has 4 aromatic rings. The average Bonchev–Trinajstić information content (AvgIpc) is 2.95. The summed E-state index contributed by atoms with van der Waals surface area (Å²) in [5.41, 5.74) is 2.65. The van der Waals surface area contributed by atoms with Crippen molar-refractivity contribution >= 4 is 43.5 Å². The molecule has 2 aromatic carbocycles. The Kier molecular flexibility index (Phi) is 3.39. The molecule has 0 aliphatic heterocycles. The summed E-state index contributed by atoms with van der Waals surface area (Å²) in [6.07, 6.45) is 0. The zero-order valence-corrected chi connectivity index (χ0v) is 13.6. The molecule has 0 radical (unpaired) electrons. The zero-order chi connectivity index (χ0) is 16.7. The van der Waals surface area contributed by atoms with Gasteiger partial charge in [0, 0.05) is 17.0 Å². The van der Waals surface area contributed by atoms with Crippen LogP contribution in [0.3, 0.4) is 0 Å². The van der Waals surface area contributed by atoms with Crippen LogP contribution in [0.25, 0.3) is 21.1 Å². The number of nitrogens with one attached hydrogen (secondary N) is 2. The van der Waals surface area contributed by atoms with Crippen LogP contribution in [0.1, 0.15) is 15.9 Å². The predicted molar refractivity (Wildman–Crippen MR) is 96.9 cm³/mol. The third kappa shape index (κ3) is 2.57. The molecule has 0 unspecified atom stereocenters. The minimum atomic E-state index is -0.340. The molecule has 0 aliphatic carbocycles. The van der Waals surface area contributed by atoms with Crippen molar-refractivity contribution in [1.82, 2.24) is 9.97 Å². The van der Waals surface area contributed by atoms with Crippen LogP contribution < -0.4 is 10.9 Å². The summed E-state index contributed by atoms with van der Waals surface area (Å²) in [4.78, 5) is 31.6. The van der Waals surface area contributed by atoms with Gasteiger partial charge in [0.2, 0.25) is 5.56 Å². The van der Waals surface area contributed by atoms with Crippen molar-refractivity contribution in [2.45, 2.75) is 6.92 Å². The smallest absolute Gasteiger partial charge is 0.258 e. The van der Waals surface area contributed by atoms with Gasteiger partial charge < -0.3 is 4.98 Å². The number of para-hydroxylation sites is 1. The maximum Gasteiger partial charge on any atom is 0.258 e. The molecule has 2 aromatic heterocycles. The first kappa shape index (κ1) is 14.6. The summed E-state index contributed by atoms with van der Waals surface area (Å²) in [7, 11) is 0. The molecule has 4 rings (SSSR count). The van der Waals surface area contributed by atoms with Gasteiger partial charge in [-0.3, -0.25) is 14.9 Å². The molecule has 6 heteroatoms. The molecule has 1 amide bonds. The molecule has 2 heterocycles. The molecule has 5 nitrogen and oxygen atoms in total. The molecule has 0 atom stereocenters. The van der Waals surface area contributed by atoms with Crippen molar-refractivity contribution in [3.63, 3.8) is 0 Å². The summed E-state index contributed by atoms with van der Waals surface area (Å²) < 4.78 is 1.01. The van der Waals surface area contributed by atoms with E-state index < -0.39 is 0 Å². The summed E-state index contributed by atoms with van der Waals surface area (Å²) in [5, 5.41) is 4.02. The molecule has 118 valence electrons. The minimum absolute atomic E-state index is 0.307. The Morgan fingerprint density at radius 1 is 1.17 bits per heavy atom. The lowest BCUT2D eigenvalue weighted by atomic mass is 10.1. The van der Waals surface area contributed by atoms with Crippen LogP contribution in [0.5, 0.6) is 0 Å². The highest BCUT2D eigenvalue weighted by molar-refractivity contribution is 7.22. The standard InChI is InChI=1S/C18H13N3O2S/c1-10-6-7-14-15(8-10)24-18(20-14)21-17(23)12-9-16(22)19-13-5-3-2-4-11(12)13/h2-9H,1H3,(H,19,22)(H,20,21,23). The van der Waals surface area contributed by atoms with Crippen LogP contribution in [0.4, 0.5) is 5.13 Å². The topological polar surface area (TPSA) is 74.8 Å². The summed E-state index contributed by atoms with van der Waals surface area (Å²) in [6.45, 7) is 2.01. The average molecular weight is 335 g/mol. The molecule has 0 fully saturated rings. The number of aromatic amines is 1. The number of benzene rings is 2. The van der Waals surface area contributed by atoms with Gasteiger partial charge in [0.1, 0.15) is 0 Å². The van der Waals surface area contributed by atoms with E-state index in [1.165, 1.54) is 17.4 Å². The van der Waals surface area contributed by atoms with Gasteiger partial charge in [0.15, 0.2) is 5.13 Å². The van der Waals surface area contributed by atoms with Crippen molar-refractivity contribution in [3.05, 3.63) is 70.0 Å². The van der Waals surface area contributed by atoms with Crippen LogP contribution in [-0.4, -0.2) is 15.9 Å². The maximum absolute atomic E-state index is 12.6. The van der Waals surface area contributed by atoms with Crippen LogP contribution in [0, 0.1) is 6.92 Å². The van der Waals surface area contributed by atoms with E-state index in [0.29, 0.717) is 21.6 Å². The highest BCUT2D eigenvalue weighted by atomic mass is 32.1. The highest BCUT2D eigenvalue weighted by Gasteiger charge is 2.14. The summed E-state index contributed by atoms with van der Waals surface area (Å²) in [5.74, 6) is -0.340. The Bertz CT molecular complexity index is 1140. The lowest BCUT2D eigenvalue weighted by molar-refractivity contribution is 0.102. The number of carbonyl (C=O) groups excluding carboxylic acids is 1. The first-order valence-electron chi connectivity index (χ1n) is 7.41. The Morgan fingerprint density at radius 2 is 2.00 bits per heavy atom. The van der Waals surface area contributed by atoms with E-state index in [0.717, 1.165) is 15.8 Å². The van der Waals surface area contributed by atoms with Crippen molar-refractivity contribution in [2.75, 3.05) is 5.32 Å². The number of H-pyrrole nitrogens is 1. The predicted octanol–water partition coefficient (Wildman–Crippen LogP) is 3.70. The fourth-order valence-corrected chi connectivity index (χ4v) is 3.60. The first-order valence-corrected chi connectivity index (χ1v) is 8.22. The second-order valence-electron chi connectivity index (χ2n) is 5.54. The Balaban J connectivity index is 1.74. The lowest BCUT2D eigenvalue weighted by Gasteiger charge is -2.05. The SMILES string of the molecule is Cc1ccc2nc(NC(=O)c3cc(=O)[nH]c4ccccc34)sc2c1. The van der Waals surface area contributed by atoms with Crippen LogP contribution in [-0.2, 0) is 0 Å². The fraction of sp³-hybridized carbons (Fsp3) is 0.0556. The second kappa shape index (κ2) is 5.58. The van der Waals surface area contributed by atoms with Crippen LogP contribution in [0.2, 0.25) is 0 Å². The summed E-state index contributed by atoms with van der Waals surface area (Å²) >= 11 is 1.42. The molecular weight excluding hydrogens is 322 g/mol. The van der Waals surface area contributed by atoms with Gasteiger partial charge in [-0.25, -0.2) is 4.98 Å². The number of hydrogen-bond acceptors (Lipinski definition) is 4. The Morgan fingerprint density at radius 3 is 2.88 bits per heavy atom. The number of fused-ring (bicyclic) bond motifs is 2. The lowest BCUT2D eigenvalue weighted by Crippen LogP contribution is -2.16. The van der Waals surface area contributed by atoms with E-state index in [4.69, 9.17) is 0 Å². The number of nitrogens with zero attached hydrogens (tertiary/aromatic N) is 1. The number of thiazole rings is 1. The van der Waals surface area contributed by atoms with E-state index in [1.54, 1.807) is 6.07 Å². The van der Waals surface area contributed by atoms with Crippen molar-refractivity contribution in [3.8, 4) is 0 Å². The van der Waals surface area contributed by atoms with E-state index in [-0.39, 0.29) is 11.5 Å². The van der Waals surface area contributed by atoms with E-state index in [9.17, 15) is 9.59 Å². The van der Waals surface area contributed by atoms with Gasteiger partial charge in [0.25, 0.3) is 5.91 Å². The van der Waals surface area contributed by atoms with E-state index in [2.05, 4.69) is 15.3 Å². The molecule has 0 spiro atoms. The third-order valence-corrected chi connectivity index (χ3v) is 4.69. The quantitative estimate of drug-likeness (QED) is 0.586. The summed E-state index contributed by atoms with van der Waals surface area (Å²) in [6, 6.07) is 14.5. The number of carbonyl (C=O) groups is 1. The second-order valence-corrected chi connectivity index (χ2v) is 6.57. The Labute approximate surface area is 141 Å². The highest BCUT2D eigenvalue weighted by Crippen LogP contribution is 2.27. The molecule has 2 N–H and O–H groups in total. The normalized spacial score (nSPS) is 11.0. The maximum atomic E-state index is 12.6.